The number of carbonyl (C=O) groups excluding carboxylic acids is 1. The van der Waals surface area contributed by atoms with Gasteiger partial charge in [-0.1, -0.05) is 74.1 Å². The summed E-state index contributed by atoms with van der Waals surface area (Å²) < 4.78 is 0. The summed E-state index contributed by atoms with van der Waals surface area (Å²) in [6.07, 6.45) is 3.87. The van der Waals surface area contributed by atoms with Gasteiger partial charge in [-0.3, -0.25) is 0 Å². The van der Waals surface area contributed by atoms with Crippen LogP contribution in [0.4, 0.5) is 0 Å². The molecule has 0 amide bonds. The van der Waals surface area contributed by atoms with Gasteiger partial charge in [-0.15, -0.1) is 0 Å². The lowest BCUT2D eigenvalue weighted by molar-refractivity contribution is -0.108. The van der Waals surface area contributed by atoms with E-state index in [1.807, 2.05) is 0 Å². The topological polar surface area (TPSA) is 17.1 Å². The third-order valence-electron chi connectivity index (χ3n) is 3.82. The molecule has 1 aromatic carbocycles. The van der Waals surface area contributed by atoms with Crippen molar-refractivity contribution in [2.45, 2.75) is 45.3 Å². The van der Waals surface area contributed by atoms with Crippen LogP contribution < -0.4 is 5.19 Å². The van der Waals surface area contributed by atoms with Gasteiger partial charge in [-0.05, 0) is 18.4 Å². The van der Waals surface area contributed by atoms with E-state index in [4.69, 9.17) is 0 Å². The van der Waals surface area contributed by atoms with E-state index >= 15 is 0 Å². The van der Waals surface area contributed by atoms with E-state index in [-0.39, 0.29) is 0 Å². The standard InChI is InChI=1S/C17H26OSi/c1-5-9-16(12-13-18)15(2)14-19(3,4)17-10-7-6-8-11-17/h6-8,10-11,13,16H,2,5,9,12,14H2,1,3-4H3. The molecule has 0 aliphatic rings. The summed E-state index contributed by atoms with van der Waals surface area (Å²) in [5.74, 6) is 0.373. The van der Waals surface area contributed by atoms with Gasteiger partial charge in [0.2, 0.25) is 0 Å². The molecule has 1 atom stereocenters. The summed E-state index contributed by atoms with van der Waals surface area (Å²) in [6.45, 7) is 11.2. The first-order valence-electron chi connectivity index (χ1n) is 7.18. The fourth-order valence-electron chi connectivity index (χ4n) is 2.66. The third kappa shape index (κ3) is 4.79. The molecule has 0 radical (unpaired) electrons. The highest BCUT2D eigenvalue weighted by Gasteiger charge is 2.26. The molecule has 0 saturated carbocycles. The Morgan fingerprint density at radius 1 is 1.32 bits per heavy atom. The van der Waals surface area contributed by atoms with E-state index in [9.17, 15) is 4.79 Å². The lowest BCUT2D eigenvalue weighted by atomic mass is 9.94. The molecule has 0 saturated heterocycles. The van der Waals surface area contributed by atoms with Gasteiger partial charge >= 0.3 is 0 Å². The normalized spacial score (nSPS) is 13.0. The van der Waals surface area contributed by atoms with Crippen LogP contribution in [0.1, 0.15) is 26.2 Å². The van der Waals surface area contributed by atoms with Gasteiger partial charge in [0, 0.05) is 6.42 Å². The maximum atomic E-state index is 10.8. The lowest BCUT2D eigenvalue weighted by Crippen LogP contribution is -2.41. The Morgan fingerprint density at radius 3 is 2.47 bits per heavy atom. The Bertz CT molecular complexity index is 409. The van der Waals surface area contributed by atoms with Crippen molar-refractivity contribution in [2.75, 3.05) is 0 Å². The minimum absolute atomic E-state index is 0.373. The summed E-state index contributed by atoms with van der Waals surface area (Å²) in [4.78, 5) is 10.8. The zero-order valence-corrected chi connectivity index (χ0v) is 13.5. The number of aldehydes is 1. The van der Waals surface area contributed by atoms with Crippen LogP contribution in [-0.4, -0.2) is 14.4 Å². The highest BCUT2D eigenvalue weighted by atomic mass is 28.3. The van der Waals surface area contributed by atoms with Crippen molar-refractivity contribution < 1.29 is 4.79 Å². The second-order valence-electron chi connectivity index (χ2n) is 5.97. The quantitative estimate of drug-likeness (QED) is 0.395. The van der Waals surface area contributed by atoms with Crippen LogP contribution in [0.25, 0.3) is 0 Å². The number of hydrogen-bond donors (Lipinski definition) is 0. The second-order valence-corrected chi connectivity index (χ2v) is 10.7. The largest absolute Gasteiger partial charge is 0.303 e. The number of hydrogen-bond acceptors (Lipinski definition) is 1. The van der Waals surface area contributed by atoms with Crippen LogP contribution in [0.3, 0.4) is 0 Å². The average molecular weight is 274 g/mol. The van der Waals surface area contributed by atoms with Gasteiger partial charge < -0.3 is 4.79 Å². The summed E-state index contributed by atoms with van der Waals surface area (Å²) in [7, 11) is -1.48. The molecule has 0 spiro atoms. The van der Waals surface area contributed by atoms with E-state index < -0.39 is 8.07 Å². The first-order valence-corrected chi connectivity index (χ1v) is 10.4. The van der Waals surface area contributed by atoms with Crippen LogP contribution in [0.2, 0.25) is 19.1 Å². The van der Waals surface area contributed by atoms with Crippen molar-refractivity contribution in [2.24, 2.45) is 5.92 Å². The van der Waals surface area contributed by atoms with Crippen molar-refractivity contribution in [1.82, 2.24) is 0 Å². The van der Waals surface area contributed by atoms with E-state index in [2.05, 4.69) is 56.9 Å². The molecule has 1 nitrogen and oxygen atoms in total. The van der Waals surface area contributed by atoms with E-state index in [0.717, 1.165) is 25.2 Å². The van der Waals surface area contributed by atoms with Crippen molar-refractivity contribution in [3.8, 4) is 0 Å². The van der Waals surface area contributed by atoms with Crippen LogP contribution in [-0.2, 0) is 4.79 Å². The summed E-state index contributed by atoms with van der Waals surface area (Å²) in [6, 6.07) is 11.8. The van der Waals surface area contributed by atoms with Crippen LogP contribution in [0.5, 0.6) is 0 Å². The van der Waals surface area contributed by atoms with Crippen molar-refractivity contribution in [3.63, 3.8) is 0 Å². The number of rotatable bonds is 8. The molecule has 0 bridgehead atoms. The van der Waals surface area contributed by atoms with Gasteiger partial charge in [0.15, 0.2) is 0 Å². The smallest absolute Gasteiger partial charge is 0.120 e. The molecule has 0 fully saturated rings. The molecule has 0 aromatic heterocycles. The van der Waals surface area contributed by atoms with Crippen molar-refractivity contribution in [3.05, 3.63) is 42.5 Å². The first-order chi connectivity index (χ1) is 9.01. The Balaban J connectivity index is 2.76. The van der Waals surface area contributed by atoms with Crippen molar-refractivity contribution in [1.29, 1.82) is 0 Å². The molecule has 0 heterocycles. The molecule has 19 heavy (non-hydrogen) atoms. The molecule has 0 aliphatic carbocycles. The SMILES string of the molecule is C=C(C[Si](C)(C)c1ccccc1)C(CC=O)CCC. The lowest BCUT2D eigenvalue weighted by Gasteiger charge is -2.27. The van der Waals surface area contributed by atoms with Gasteiger partial charge in [0.1, 0.15) is 6.29 Å². The van der Waals surface area contributed by atoms with Crippen LogP contribution in [0, 0.1) is 5.92 Å². The third-order valence-corrected chi connectivity index (χ3v) is 7.05. The maximum Gasteiger partial charge on any atom is 0.120 e. The molecule has 0 N–H and O–H groups in total. The molecule has 0 aliphatic heterocycles. The Labute approximate surface area is 118 Å². The summed E-state index contributed by atoms with van der Waals surface area (Å²) in [5.41, 5.74) is 1.27. The number of benzene rings is 1. The van der Waals surface area contributed by atoms with Gasteiger partial charge in [0.05, 0.1) is 8.07 Å². The van der Waals surface area contributed by atoms with Gasteiger partial charge in [-0.2, -0.15) is 0 Å². The highest BCUT2D eigenvalue weighted by Crippen LogP contribution is 2.26. The van der Waals surface area contributed by atoms with E-state index in [0.29, 0.717) is 12.3 Å². The van der Waals surface area contributed by atoms with Crippen molar-refractivity contribution >= 4 is 19.5 Å². The van der Waals surface area contributed by atoms with E-state index in [1.165, 1.54) is 10.8 Å². The molecular formula is C17H26OSi. The van der Waals surface area contributed by atoms with Crippen LogP contribution >= 0.6 is 0 Å². The van der Waals surface area contributed by atoms with Gasteiger partial charge in [-0.25, -0.2) is 0 Å². The Morgan fingerprint density at radius 2 is 1.95 bits per heavy atom. The van der Waals surface area contributed by atoms with Crippen LogP contribution in [0.15, 0.2) is 42.5 Å². The monoisotopic (exact) mass is 274 g/mol. The first kappa shape index (κ1) is 15.9. The predicted molar refractivity (Wildman–Crippen MR) is 86.6 cm³/mol. The molecule has 1 aromatic rings. The van der Waals surface area contributed by atoms with E-state index in [1.54, 1.807) is 0 Å². The minimum Gasteiger partial charge on any atom is -0.303 e. The fourth-order valence-corrected chi connectivity index (χ4v) is 5.38. The predicted octanol–water partition coefficient (Wildman–Crippen LogP) is 4.16. The Kier molecular flexibility index (Phi) is 6.23. The number of allylic oxidation sites excluding steroid dienone is 1. The Hall–Kier alpha value is -1.15. The highest BCUT2D eigenvalue weighted by molar-refractivity contribution is 6.90. The zero-order valence-electron chi connectivity index (χ0n) is 12.5. The molecule has 1 rings (SSSR count). The molecule has 104 valence electrons. The minimum atomic E-state index is -1.48. The second kappa shape index (κ2) is 7.44. The summed E-state index contributed by atoms with van der Waals surface area (Å²) >= 11 is 0. The van der Waals surface area contributed by atoms with Gasteiger partial charge in [0.25, 0.3) is 0 Å². The maximum absolute atomic E-state index is 10.8. The average Bonchev–Trinajstić information content (AvgIpc) is 2.39. The molecule has 1 unspecified atom stereocenters. The number of carbonyl (C=O) groups is 1. The fraction of sp³-hybridized carbons (Fsp3) is 0.471. The molecule has 2 heteroatoms. The molecular weight excluding hydrogens is 248 g/mol. The summed E-state index contributed by atoms with van der Waals surface area (Å²) in [5, 5.41) is 1.47. The zero-order chi connectivity index (χ0) is 14.3.